The molecule has 0 aromatic carbocycles. The normalized spacial score (nSPS) is 15.7. The lowest BCUT2D eigenvalue weighted by Crippen LogP contribution is -2.41. The number of alkyl halides is 1. The second kappa shape index (κ2) is 13.1. The zero-order valence-electron chi connectivity index (χ0n) is 20.2. The fourth-order valence-electron chi connectivity index (χ4n) is 3.77. The number of unbranched alkanes of at least 4 members (excludes halogenated alkanes) is 1. The van der Waals surface area contributed by atoms with Crippen LogP contribution in [0.25, 0.3) is 0 Å². The van der Waals surface area contributed by atoms with Gasteiger partial charge in [0.2, 0.25) is 0 Å². The van der Waals surface area contributed by atoms with E-state index in [-0.39, 0.29) is 13.2 Å². The molecule has 2 rings (SSSR count). The first-order valence-corrected chi connectivity index (χ1v) is 11.7. The smallest absolute Gasteiger partial charge is 0.323 e. The largest absolute Gasteiger partial charge is 0.459 e. The number of ether oxygens (including phenoxy) is 2. The number of fused-ring (bicyclic) bond motifs is 1. The van der Waals surface area contributed by atoms with E-state index in [4.69, 9.17) is 20.2 Å². The standard InChI is InChI=1S/C24H41FN4O3/c1-24(2,3)32-23(30)21(26)12-15-29(16-19(25)17-31-4)14-6-5-9-20-11-10-18-8-7-13-27-22(18)28-20/h10-11,19,21H,5-9,12-17,26H2,1-4H3,(H,27,28). The lowest BCUT2D eigenvalue weighted by molar-refractivity contribution is -0.156. The maximum absolute atomic E-state index is 14.2. The highest BCUT2D eigenvalue weighted by molar-refractivity contribution is 5.75. The predicted octanol–water partition coefficient (Wildman–Crippen LogP) is 3.11. The van der Waals surface area contributed by atoms with Crippen molar-refractivity contribution in [3.8, 4) is 0 Å². The molecule has 2 heterocycles. The van der Waals surface area contributed by atoms with Gasteiger partial charge in [0.25, 0.3) is 0 Å². The van der Waals surface area contributed by atoms with Crippen LogP contribution in [0.4, 0.5) is 10.2 Å². The van der Waals surface area contributed by atoms with Crippen LogP contribution < -0.4 is 11.1 Å². The molecule has 2 atom stereocenters. The molecule has 1 aliphatic rings. The van der Waals surface area contributed by atoms with Crippen LogP contribution in [0.2, 0.25) is 0 Å². The van der Waals surface area contributed by atoms with Gasteiger partial charge in [-0.3, -0.25) is 4.79 Å². The Balaban J connectivity index is 1.80. The van der Waals surface area contributed by atoms with Crippen molar-refractivity contribution in [2.45, 2.75) is 77.1 Å². The van der Waals surface area contributed by atoms with Crippen LogP contribution in [0.15, 0.2) is 12.1 Å². The van der Waals surface area contributed by atoms with Crippen LogP contribution in [-0.4, -0.2) is 73.6 Å². The van der Waals surface area contributed by atoms with Crippen LogP contribution in [-0.2, 0) is 27.1 Å². The Labute approximate surface area is 192 Å². The van der Waals surface area contributed by atoms with Gasteiger partial charge in [-0.1, -0.05) is 6.07 Å². The number of nitrogens with one attached hydrogen (secondary N) is 1. The number of hydrogen-bond acceptors (Lipinski definition) is 7. The van der Waals surface area contributed by atoms with Crippen LogP contribution >= 0.6 is 0 Å². The third-order valence-corrected chi connectivity index (χ3v) is 5.38. The minimum Gasteiger partial charge on any atom is -0.459 e. The maximum atomic E-state index is 14.2. The van der Waals surface area contributed by atoms with Gasteiger partial charge in [-0.15, -0.1) is 0 Å². The zero-order chi connectivity index (χ0) is 23.6. The molecule has 1 aromatic heterocycles. The molecule has 8 heteroatoms. The minimum absolute atomic E-state index is 0.0562. The molecule has 3 N–H and O–H groups in total. The molecule has 0 amide bonds. The topological polar surface area (TPSA) is 89.7 Å². The van der Waals surface area contributed by atoms with Crippen molar-refractivity contribution in [1.29, 1.82) is 0 Å². The minimum atomic E-state index is -1.08. The molecule has 182 valence electrons. The van der Waals surface area contributed by atoms with Crippen molar-refractivity contribution in [3.05, 3.63) is 23.4 Å². The van der Waals surface area contributed by atoms with E-state index in [1.807, 2.05) is 25.7 Å². The van der Waals surface area contributed by atoms with E-state index in [0.29, 0.717) is 13.0 Å². The number of rotatable bonds is 13. The Morgan fingerprint density at radius 1 is 1.31 bits per heavy atom. The summed E-state index contributed by atoms with van der Waals surface area (Å²) in [5.41, 5.74) is 7.82. The number of aryl methyl sites for hydroxylation is 2. The molecule has 0 saturated carbocycles. The number of halogens is 1. The third-order valence-electron chi connectivity index (χ3n) is 5.38. The molecular weight excluding hydrogens is 411 g/mol. The highest BCUT2D eigenvalue weighted by Gasteiger charge is 2.23. The van der Waals surface area contributed by atoms with Gasteiger partial charge < -0.3 is 25.4 Å². The number of carbonyl (C=O) groups excluding carboxylic acids is 1. The second-order valence-corrected chi connectivity index (χ2v) is 9.58. The fraction of sp³-hybridized carbons (Fsp3) is 0.750. The van der Waals surface area contributed by atoms with Crippen molar-refractivity contribution < 1.29 is 18.7 Å². The number of anilines is 1. The van der Waals surface area contributed by atoms with Gasteiger partial charge in [-0.2, -0.15) is 0 Å². The number of pyridine rings is 1. The summed E-state index contributed by atoms with van der Waals surface area (Å²) in [5.74, 6) is 0.601. The Kier molecular flexibility index (Phi) is 10.8. The van der Waals surface area contributed by atoms with Gasteiger partial charge in [0.1, 0.15) is 23.6 Å². The molecule has 7 nitrogen and oxygen atoms in total. The number of carbonyl (C=O) groups is 1. The van der Waals surface area contributed by atoms with Crippen LogP contribution in [0.5, 0.6) is 0 Å². The van der Waals surface area contributed by atoms with Crippen LogP contribution in [0.1, 0.15) is 57.7 Å². The van der Waals surface area contributed by atoms with E-state index in [0.717, 1.165) is 56.7 Å². The summed E-state index contributed by atoms with van der Waals surface area (Å²) >= 11 is 0. The quantitative estimate of drug-likeness (QED) is 0.351. The summed E-state index contributed by atoms with van der Waals surface area (Å²) in [6, 6.07) is 3.57. The third kappa shape index (κ3) is 9.79. The summed E-state index contributed by atoms with van der Waals surface area (Å²) < 4.78 is 24.5. The first kappa shape index (κ1) is 26.5. The zero-order valence-corrected chi connectivity index (χ0v) is 20.2. The first-order valence-electron chi connectivity index (χ1n) is 11.7. The molecule has 32 heavy (non-hydrogen) atoms. The van der Waals surface area contributed by atoms with Crippen molar-refractivity contribution in [3.63, 3.8) is 0 Å². The van der Waals surface area contributed by atoms with E-state index in [1.165, 1.54) is 12.7 Å². The summed E-state index contributed by atoms with van der Waals surface area (Å²) in [6.07, 6.45) is 4.34. The van der Waals surface area contributed by atoms with E-state index >= 15 is 0 Å². The number of hydrogen-bond donors (Lipinski definition) is 2. The second-order valence-electron chi connectivity index (χ2n) is 9.58. The van der Waals surface area contributed by atoms with Crippen molar-refractivity contribution >= 4 is 11.8 Å². The SMILES string of the molecule is COCC(F)CN(CCCCc1ccc2c(n1)NCCC2)CCC(N)C(=O)OC(C)(C)C. The van der Waals surface area contributed by atoms with E-state index < -0.39 is 23.8 Å². The average Bonchev–Trinajstić information content (AvgIpc) is 2.73. The fourth-order valence-corrected chi connectivity index (χ4v) is 3.77. The van der Waals surface area contributed by atoms with Gasteiger partial charge in [-0.05, 0) is 77.5 Å². The van der Waals surface area contributed by atoms with Crippen molar-refractivity contribution in [2.24, 2.45) is 5.73 Å². The van der Waals surface area contributed by atoms with Gasteiger partial charge in [0.05, 0.1) is 6.61 Å². The summed E-state index contributed by atoms with van der Waals surface area (Å²) in [5, 5.41) is 3.37. The van der Waals surface area contributed by atoms with Gasteiger partial charge >= 0.3 is 5.97 Å². The molecule has 0 bridgehead atoms. The Hall–Kier alpha value is -1.77. The number of nitrogens with zero attached hydrogens (tertiary/aromatic N) is 2. The molecule has 1 aromatic rings. The number of esters is 1. The number of aromatic nitrogens is 1. The van der Waals surface area contributed by atoms with Crippen LogP contribution in [0, 0.1) is 0 Å². The Morgan fingerprint density at radius 3 is 2.81 bits per heavy atom. The van der Waals surface area contributed by atoms with E-state index in [2.05, 4.69) is 17.4 Å². The molecule has 0 saturated heterocycles. The monoisotopic (exact) mass is 452 g/mol. The highest BCUT2D eigenvalue weighted by Crippen LogP contribution is 2.20. The number of methoxy groups -OCH3 is 1. The molecule has 0 aliphatic carbocycles. The highest BCUT2D eigenvalue weighted by atomic mass is 19.1. The van der Waals surface area contributed by atoms with Crippen molar-refractivity contribution in [1.82, 2.24) is 9.88 Å². The Morgan fingerprint density at radius 2 is 2.09 bits per heavy atom. The molecule has 2 unspecified atom stereocenters. The molecule has 0 spiro atoms. The first-order chi connectivity index (χ1) is 15.2. The summed E-state index contributed by atoms with van der Waals surface area (Å²) in [7, 11) is 1.50. The van der Waals surface area contributed by atoms with Gasteiger partial charge in [0.15, 0.2) is 0 Å². The maximum Gasteiger partial charge on any atom is 0.323 e. The lowest BCUT2D eigenvalue weighted by atomic mass is 10.1. The average molecular weight is 453 g/mol. The lowest BCUT2D eigenvalue weighted by Gasteiger charge is -2.26. The predicted molar refractivity (Wildman–Crippen MR) is 126 cm³/mol. The van der Waals surface area contributed by atoms with Crippen LogP contribution in [0.3, 0.4) is 0 Å². The Bertz CT molecular complexity index is 711. The van der Waals surface area contributed by atoms with Crippen molar-refractivity contribution in [2.75, 3.05) is 45.2 Å². The molecule has 1 aliphatic heterocycles. The molecule has 0 radical (unpaired) electrons. The van der Waals surface area contributed by atoms with E-state index in [1.54, 1.807) is 0 Å². The summed E-state index contributed by atoms with van der Waals surface area (Å²) in [4.78, 5) is 18.9. The van der Waals surface area contributed by atoms with E-state index in [9.17, 15) is 9.18 Å². The van der Waals surface area contributed by atoms with Gasteiger partial charge in [-0.25, -0.2) is 9.37 Å². The molecular formula is C24H41FN4O3. The summed E-state index contributed by atoms with van der Waals surface area (Å²) in [6.45, 7) is 8.01. The molecule has 0 fully saturated rings. The number of nitrogens with two attached hydrogens (primary N) is 1. The van der Waals surface area contributed by atoms with Gasteiger partial charge in [0, 0.05) is 32.4 Å².